The lowest BCUT2D eigenvalue weighted by atomic mass is 10.2. The van der Waals surface area contributed by atoms with Crippen molar-refractivity contribution < 1.29 is 14.8 Å². The number of anilines is 2. The van der Waals surface area contributed by atoms with Gasteiger partial charge in [0.1, 0.15) is 5.69 Å². The number of hydrogen-bond donors (Lipinski definition) is 2. The number of nitrogens with one attached hydrogen (secondary N) is 1. The van der Waals surface area contributed by atoms with E-state index in [0.717, 1.165) is 0 Å². The zero-order chi connectivity index (χ0) is 15.6. The Hall–Kier alpha value is -2.12. The molecule has 0 saturated carbocycles. The van der Waals surface area contributed by atoms with Crippen molar-refractivity contribution in [3.8, 4) is 0 Å². The zero-order valence-electron chi connectivity index (χ0n) is 10.3. The predicted molar refractivity (Wildman–Crippen MR) is 82.5 cm³/mol. The molecule has 6 nitrogen and oxygen atoms in total. The molecule has 2 rings (SSSR count). The molecule has 0 aromatic heterocycles. The van der Waals surface area contributed by atoms with Crippen LogP contribution in [0.5, 0.6) is 0 Å². The maximum Gasteiger partial charge on any atom is 0.336 e. The van der Waals surface area contributed by atoms with Crippen LogP contribution in [0.3, 0.4) is 0 Å². The van der Waals surface area contributed by atoms with Gasteiger partial charge >= 0.3 is 5.97 Å². The SMILES string of the molecule is O=C(O)c1cc(Nc2cc(Cl)ccc2[N+](=O)[O-])ccc1Br. The quantitative estimate of drug-likeness (QED) is 0.612. The van der Waals surface area contributed by atoms with Gasteiger partial charge in [0.05, 0.1) is 10.5 Å². The van der Waals surface area contributed by atoms with E-state index in [1.165, 1.54) is 24.3 Å². The summed E-state index contributed by atoms with van der Waals surface area (Å²) in [6.45, 7) is 0. The molecule has 0 unspecified atom stereocenters. The van der Waals surface area contributed by atoms with E-state index in [1.807, 2.05) is 0 Å². The number of carboxylic acids is 1. The highest BCUT2D eigenvalue weighted by Gasteiger charge is 2.15. The summed E-state index contributed by atoms with van der Waals surface area (Å²) in [5.74, 6) is -1.11. The fourth-order valence-corrected chi connectivity index (χ4v) is 2.28. The molecular formula is C13H8BrClN2O4. The van der Waals surface area contributed by atoms with Crippen LogP contribution < -0.4 is 5.32 Å². The normalized spacial score (nSPS) is 10.2. The third-order valence-corrected chi connectivity index (χ3v) is 3.56. The molecule has 108 valence electrons. The van der Waals surface area contributed by atoms with E-state index >= 15 is 0 Å². The lowest BCUT2D eigenvalue weighted by Crippen LogP contribution is -2.01. The van der Waals surface area contributed by atoms with E-state index in [0.29, 0.717) is 15.2 Å². The van der Waals surface area contributed by atoms with Gasteiger partial charge in [0.2, 0.25) is 0 Å². The predicted octanol–water partition coefficient (Wildman–Crippen LogP) is 4.45. The minimum Gasteiger partial charge on any atom is -0.478 e. The lowest BCUT2D eigenvalue weighted by molar-refractivity contribution is -0.383. The number of benzene rings is 2. The minimum atomic E-state index is -1.11. The average molecular weight is 372 g/mol. The molecule has 0 heterocycles. The van der Waals surface area contributed by atoms with E-state index in [9.17, 15) is 14.9 Å². The van der Waals surface area contributed by atoms with Gasteiger partial charge in [0.15, 0.2) is 0 Å². The number of nitro benzene ring substituents is 1. The summed E-state index contributed by atoms with van der Waals surface area (Å²) in [7, 11) is 0. The van der Waals surface area contributed by atoms with E-state index in [2.05, 4.69) is 21.2 Å². The Balaban J connectivity index is 2.43. The Morgan fingerprint density at radius 3 is 2.62 bits per heavy atom. The molecule has 8 heteroatoms. The molecule has 0 fully saturated rings. The molecule has 0 radical (unpaired) electrons. The largest absolute Gasteiger partial charge is 0.478 e. The standard InChI is InChI=1S/C13H8BrClN2O4/c14-10-3-2-8(6-9(10)13(18)19)16-11-5-7(15)1-4-12(11)17(20)21/h1-6,16H,(H,18,19). The van der Waals surface area contributed by atoms with Crippen molar-refractivity contribution in [1.82, 2.24) is 0 Å². The Labute approximate surface area is 132 Å². The maximum absolute atomic E-state index is 11.1. The molecule has 0 spiro atoms. The summed E-state index contributed by atoms with van der Waals surface area (Å²) in [6, 6.07) is 8.61. The van der Waals surface area contributed by atoms with Crippen molar-refractivity contribution in [3.05, 3.63) is 61.6 Å². The van der Waals surface area contributed by atoms with Gasteiger partial charge in [-0.25, -0.2) is 4.79 Å². The minimum absolute atomic E-state index is 0.0460. The first-order chi connectivity index (χ1) is 9.88. The van der Waals surface area contributed by atoms with Crippen LogP contribution in [0.15, 0.2) is 40.9 Å². The average Bonchev–Trinajstić information content (AvgIpc) is 2.40. The Bertz CT molecular complexity index is 736. The molecule has 0 aliphatic rings. The first-order valence-corrected chi connectivity index (χ1v) is 6.79. The van der Waals surface area contributed by atoms with Crippen LogP contribution in [-0.2, 0) is 0 Å². The molecule has 0 saturated heterocycles. The fourth-order valence-electron chi connectivity index (χ4n) is 1.69. The number of carboxylic acid groups (broad SMARTS) is 1. The van der Waals surface area contributed by atoms with Crippen LogP contribution in [0.1, 0.15) is 10.4 Å². The number of nitro groups is 1. The van der Waals surface area contributed by atoms with Crippen LogP contribution in [-0.4, -0.2) is 16.0 Å². The molecule has 0 bridgehead atoms. The highest BCUT2D eigenvalue weighted by atomic mass is 79.9. The second kappa shape index (κ2) is 6.11. The summed E-state index contributed by atoms with van der Waals surface area (Å²) >= 11 is 8.96. The van der Waals surface area contributed by atoms with Crippen LogP contribution in [0, 0.1) is 10.1 Å². The number of hydrogen-bond acceptors (Lipinski definition) is 4. The Morgan fingerprint density at radius 1 is 1.29 bits per heavy atom. The third kappa shape index (κ3) is 3.50. The van der Waals surface area contributed by atoms with Crippen LogP contribution in [0.4, 0.5) is 17.1 Å². The van der Waals surface area contributed by atoms with Crippen molar-refractivity contribution in [2.45, 2.75) is 0 Å². The smallest absolute Gasteiger partial charge is 0.336 e. The second-order valence-electron chi connectivity index (χ2n) is 4.04. The molecule has 0 atom stereocenters. The number of nitrogens with zero attached hydrogens (tertiary/aromatic N) is 1. The summed E-state index contributed by atoms with van der Waals surface area (Å²) in [5.41, 5.74) is 0.482. The van der Waals surface area contributed by atoms with Gasteiger partial charge < -0.3 is 10.4 Å². The summed E-state index contributed by atoms with van der Waals surface area (Å²) in [6.07, 6.45) is 0. The summed E-state index contributed by atoms with van der Waals surface area (Å²) in [4.78, 5) is 21.5. The van der Waals surface area contributed by atoms with Gasteiger partial charge in [0.25, 0.3) is 5.69 Å². The lowest BCUT2D eigenvalue weighted by Gasteiger charge is -2.09. The molecule has 0 aliphatic carbocycles. The van der Waals surface area contributed by atoms with E-state index in [-0.39, 0.29) is 16.9 Å². The summed E-state index contributed by atoms with van der Waals surface area (Å²) < 4.78 is 0.418. The Kier molecular flexibility index (Phi) is 4.44. The van der Waals surface area contributed by atoms with E-state index in [4.69, 9.17) is 16.7 Å². The fraction of sp³-hybridized carbons (Fsp3) is 0. The Morgan fingerprint density at radius 2 is 2.00 bits per heavy atom. The van der Waals surface area contributed by atoms with Gasteiger partial charge in [-0.1, -0.05) is 11.6 Å². The zero-order valence-corrected chi connectivity index (χ0v) is 12.7. The highest BCUT2D eigenvalue weighted by Crippen LogP contribution is 2.31. The van der Waals surface area contributed by atoms with Crippen LogP contribution >= 0.6 is 27.5 Å². The second-order valence-corrected chi connectivity index (χ2v) is 5.33. The number of carbonyl (C=O) groups is 1. The van der Waals surface area contributed by atoms with Gasteiger partial charge in [0, 0.05) is 21.2 Å². The van der Waals surface area contributed by atoms with E-state index < -0.39 is 10.9 Å². The summed E-state index contributed by atoms with van der Waals surface area (Å²) in [5, 5.41) is 23.2. The van der Waals surface area contributed by atoms with Crippen molar-refractivity contribution in [3.63, 3.8) is 0 Å². The molecule has 21 heavy (non-hydrogen) atoms. The molecule has 0 amide bonds. The van der Waals surface area contributed by atoms with Gasteiger partial charge in [-0.3, -0.25) is 10.1 Å². The van der Waals surface area contributed by atoms with Gasteiger partial charge in [-0.15, -0.1) is 0 Å². The number of halogens is 2. The maximum atomic E-state index is 11.1. The van der Waals surface area contributed by atoms with Crippen LogP contribution in [0.25, 0.3) is 0 Å². The topological polar surface area (TPSA) is 92.5 Å². The molecule has 2 aromatic carbocycles. The van der Waals surface area contributed by atoms with Crippen molar-refractivity contribution in [2.75, 3.05) is 5.32 Å². The van der Waals surface area contributed by atoms with E-state index in [1.54, 1.807) is 12.1 Å². The van der Waals surface area contributed by atoms with Gasteiger partial charge in [-0.2, -0.15) is 0 Å². The van der Waals surface area contributed by atoms with Crippen molar-refractivity contribution >= 4 is 50.6 Å². The first-order valence-electron chi connectivity index (χ1n) is 5.62. The molecule has 2 aromatic rings. The monoisotopic (exact) mass is 370 g/mol. The molecule has 2 N–H and O–H groups in total. The van der Waals surface area contributed by atoms with Gasteiger partial charge in [-0.05, 0) is 46.3 Å². The molecular weight excluding hydrogens is 364 g/mol. The first kappa shape index (κ1) is 15.3. The van der Waals surface area contributed by atoms with Crippen molar-refractivity contribution in [2.24, 2.45) is 0 Å². The number of aromatic carboxylic acids is 1. The molecule has 0 aliphatic heterocycles. The highest BCUT2D eigenvalue weighted by molar-refractivity contribution is 9.10. The number of rotatable bonds is 4. The van der Waals surface area contributed by atoms with Crippen LogP contribution in [0.2, 0.25) is 5.02 Å². The third-order valence-electron chi connectivity index (χ3n) is 2.63. The van der Waals surface area contributed by atoms with Crippen molar-refractivity contribution in [1.29, 1.82) is 0 Å².